The number of halogens is 1. The van der Waals surface area contributed by atoms with Crippen molar-refractivity contribution in [3.63, 3.8) is 0 Å². The molecule has 0 aliphatic carbocycles. The SMILES string of the molecule is NNC(=O)c1ccc(COc2cc(F)ccc2[N+](=O)[O-])s1. The lowest BCUT2D eigenvalue weighted by Crippen LogP contribution is -2.29. The van der Waals surface area contributed by atoms with Gasteiger partial charge in [0.25, 0.3) is 5.91 Å². The molecule has 2 aromatic rings. The van der Waals surface area contributed by atoms with E-state index in [4.69, 9.17) is 10.6 Å². The predicted molar refractivity (Wildman–Crippen MR) is 73.4 cm³/mol. The van der Waals surface area contributed by atoms with E-state index in [1.807, 2.05) is 5.43 Å². The standard InChI is InChI=1S/C12H10FN3O4S/c13-7-1-3-9(16(18)19)10(5-7)20-6-8-2-4-11(21-8)12(17)15-14/h1-5H,6,14H2,(H,15,17). The summed E-state index contributed by atoms with van der Waals surface area (Å²) in [5.74, 6) is 3.76. The van der Waals surface area contributed by atoms with Crippen LogP contribution < -0.4 is 16.0 Å². The molecule has 1 aromatic heterocycles. The van der Waals surface area contributed by atoms with Crippen LogP contribution in [0.1, 0.15) is 14.5 Å². The van der Waals surface area contributed by atoms with E-state index < -0.39 is 16.6 Å². The van der Waals surface area contributed by atoms with E-state index in [-0.39, 0.29) is 18.0 Å². The van der Waals surface area contributed by atoms with Crippen LogP contribution in [0.15, 0.2) is 30.3 Å². The van der Waals surface area contributed by atoms with E-state index in [1.165, 1.54) is 0 Å². The number of nitro benzene ring substituents is 1. The highest BCUT2D eigenvalue weighted by atomic mass is 32.1. The fourth-order valence-electron chi connectivity index (χ4n) is 1.55. The number of nitrogens with two attached hydrogens (primary N) is 1. The van der Waals surface area contributed by atoms with Crippen LogP contribution in [-0.4, -0.2) is 10.8 Å². The number of ether oxygens (including phenoxy) is 1. The molecule has 0 bridgehead atoms. The van der Waals surface area contributed by atoms with Gasteiger partial charge < -0.3 is 4.74 Å². The second-order valence-corrected chi connectivity index (χ2v) is 5.07. The first-order valence-corrected chi connectivity index (χ1v) is 6.49. The Kier molecular flexibility index (Phi) is 4.45. The molecule has 0 fully saturated rings. The van der Waals surface area contributed by atoms with Gasteiger partial charge in [0, 0.05) is 17.0 Å². The van der Waals surface area contributed by atoms with Crippen LogP contribution in [0.25, 0.3) is 0 Å². The van der Waals surface area contributed by atoms with Gasteiger partial charge in [0.1, 0.15) is 12.4 Å². The van der Waals surface area contributed by atoms with Gasteiger partial charge in [-0.1, -0.05) is 0 Å². The van der Waals surface area contributed by atoms with Crippen molar-refractivity contribution in [1.29, 1.82) is 0 Å². The molecule has 110 valence electrons. The summed E-state index contributed by atoms with van der Waals surface area (Å²) in [5.41, 5.74) is 1.67. The maximum absolute atomic E-state index is 13.1. The number of nitrogens with one attached hydrogen (secondary N) is 1. The molecule has 0 saturated heterocycles. The van der Waals surface area contributed by atoms with E-state index in [0.717, 1.165) is 29.5 Å². The highest BCUT2D eigenvalue weighted by Crippen LogP contribution is 2.29. The van der Waals surface area contributed by atoms with Crippen LogP contribution in [0, 0.1) is 15.9 Å². The van der Waals surface area contributed by atoms with E-state index in [0.29, 0.717) is 9.75 Å². The van der Waals surface area contributed by atoms with Gasteiger partial charge in [-0.25, -0.2) is 10.2 Å². The number of nitrogen functional groups attached to an aromatic ring is 1. The quantitative estimate of drug-likeness (QED) is 0.380. The highest BCUT2D eigenvalue weighted by molar-refractivity contribution is 7.14. The number of carbonyl (C=O) groups is 1. The minimum atomic E-state index is -0.656. The lowest BCUT2D eigenvalue weighted by Gasteiger charge is -2.05. The summed E-state index contributed by atoms with van der Waals surface area (Å²) in [4.78, 5) is 22.5. The van der Waals surface area contributed by atoms with Gasteiger partial charge in [-0.15, -0.1) is 11.3 Å². The molecule has 0 unspecified atom stereocenters. The minimum absolute atomic E-state index is 0.0210. The Balaban J connectivity index is 2.13. The van der Waals surface area contributed by atoms with Gasteiger partial charge in [0.2, 0.25) is 0 Å². The van der Waals surface area contributed by atoms with Gasteiger partial charge in [-0.2, -0.15) is 0 Å². The molecule has 2 rings (SSSR count). The Morgan fingerprint density at radius 3 is 2.86 bits per heavy atom. The average molecular weight is 311 g/mol. The van der Waals surface area contributed by atoms with E-state index in [1.54, 1.807) is 12.1 Å². The number of carbonyl (C=O) groups excluding carboxylic acids is 1. The number of hydrazine groups is 1. The Bertz CT molecular complexity index is 689. The second kappa shape index (κ2) is 6.29. The molecule has 9 heteroatoms. The maximum atomic E-state index is 13.1. The lowest BCUT2D eigenvalue weighted by molar-refractivity contribution is -0.386. The topological polar surface area (TPSA) is 107 Å². The summed E-state index contributed by atoms with van der Waals surface area (Å²) in [5, 5.41) is 10.8. The number of hydrogen-bond donors (Lipinski definition) is 2. The van der Waals surface area contributed by atoms with Gasteiger partial charge in [0.15, 0.2) is 5.75 Å². The largest absolute Gasteiger partial charge is 0.481 e. The van der Waals surface area contributed by atoms with E-state index in [9.17, 15) is 19.3 Å². The normalized spacial score (nSPS) is 10.2. The van der Waals surface area contributed by atoms with Gasteiger partial charge in [-0.3, -0.25) is 20.3 Å². The third kappa shape index (κ3) is 3.52. The molecule has 1 heterocycles. The zero-order valence-corrected chi connectivity index (χ0v) is 11.4. The maximum Gasteiger partial charge on any atom is 0.311 e. The summed E-state index contributed by atoms with van der Waals surface area (Å²) >= 11 is 1.12. The van der Waals surface area contributed by atoms with Gasteiger partial charge >= 0.3 is 5.69 Å². The first kappa shape index (κ1) is 14.9. The molecule has 21 heavy (non-hydrogen) atoms. The molecule has 0 aliphatic heterocycles. The van der Waals surface area contributed by atoms with Crippen LogP contribution in [0.3, 0.4) is 0 Å². The monoisotopic (exact) mass is 311 g/mol. The van der Waals surface area contributed by atoms with Crippen LogP contribution in [0.4, 0.5) is 10.1 Å². The molecular formula is C12H10FN3O4S. The lowest BCUT2D eigenvalue weighted by atomic mass is 10.3. The number of nitrogens with zero attached hydrogens (tertiary/aromatic N) is 1. The Morgan fingerprint density at radius 1 is 1.43 bits per heavy atom. The molecule has 0 saturated carbocycles. The summed E-state index contributed by atoms with van der Waals surface area (Å²) in [6.07, 6.45) is 0. The molecule has 7 nitrogen and oxygen atoms in total. The number of amides is 1. The Hall–Kier alpha value is -2.52. The van der Waals surface area contributed by atoms with Crippen LogP contribution in [-0.2, 0) is 6.61 Å². The van der Waals surface area contributed by atoms with Crippen molar-refractivity contribution in [1.82, 2.24) is 5.43 Å². The van der Waals surface area contributed by atoms with Crippen molar-refractivity contribution in [2.75, 3.05) is 0 Å². The summed E-state index contributed by atoms with van der Waals surface area (Å²) in [6, 6.07) is 6.14. The number of thiophene rings is 1. The average Bonchev–Trinajstić information content (AvgIpc) is 2.93. The number of nitro groups is 1. The van der Waals surface area contributed by atoms with Crippen LogP contribution in [0.2, 0.25) is 0 Å². The van der Waals surface area contributed by atoms with Crippen molar-refractivity contribution in [3.05, 3.63) is 56.0 Å². The summed E-state index contributed by atoms with van der Waals surface area (Å²) in [7, 11) is 0. The molecule has 0 aliphatic rings. The smallest absolute Gasteiger partial charge is 0.311 e. The molecule has 1 amide bonds. The fraction of sp³-hybridized carbons (Fsp3) is 0.0833. The van der Waals surface area contributed by atoms with Crippen LogP contribution >= 0.6 is 11.3 Å². The molecule has 0 atom stereocenters. The number of benzene rings is 1. The van der Waals surface area contributed by atoms with Gasteiger partial charge in [-0.05, 0) is 18.2 Å². The molecular weight excluding hydrogens is 301 g/mol. The molecule has 0 spiro atoms. The van der Waals surface area contributed by atoms with E-state index in [2.05, 4.69) is 0 Å². The van der Waals surface area contributed by atoms with Crippen molar-refractivity contribution >= 4 is 22.9 Å². The van der Waals surface area contributed by atoms with Crippen molar-refractivity contribution in [3.8, 4) is 5.75 Å². The van der Waals surface area contributed by atoms with Crippen molar-refractivity contribution < 1.29 is 18.8 Å². The fourth-order valence-corrected chi connectivity index (χ4v) is 2.38. The molecule has 0 radical (unpaired) electrons. The zero-order chi connectivity index (χ0) is 15.4. The first-order chi connectivity index (χ1) is 10.0. The second-order valence-electron chi connectivity index (χ2n) is 3.90. The first-order valence-electron chi connectivity index (χ1n) is 5.67. The van der Waals surface area contributed by atoms with Crippen molar-refractivity contribution in [2.45, 2.75) is 6.61 Å². The van der Waals surface area contributed by atoms with E-state index >= 15 is 0 Å². The summed E-state index contributed by atoms with van der Waals surface area (Å²) in [6.45, 7) is -0.0210. The summed E-state index contributed by atoms with van der Waals surface area (Å²) < 4.78 is 18.4. The van der Waals surface area contributed by atoms with Crippen LogP contribution in [0.5, 0.6) is 5.75 Å². The molecule has 3 N–H and O–H groups in total. The van der Waals surface area contributed by atoms with Gasteiger partial charge in [0.05, 0.1) is 9.80 Å². The number of rotatable bonds is 5. The minimum Gasteiger partial charge on any atom is -0.481 e. The predicted octanol–water partition coefficient (Wildman–Crippen LogP) is 1.98. The highest BCUT2D eigenvalue weighted by Gasteiger charge is 2.16. The van der Waals surface area contributed by atoms with Crippen molar-refractivity contribution in [2.24, 2.45) is 5.84 Å². The Morgan fingerprint density at radius 2 is 2.19 bits per heavy atom. The Labute approximate surface area is 122 Å². The zero-order valence-electron chi connectivity index (χ0n) is 10.5. The number of hydrogen-bond acceptors (Lipinski definition) is 6. The third-order valence-corrected chi connectivity index (χ3v) is 3.56. The molecule has 1 aromatic carbocycles. The third-order valence-electron chi connectivity index (χ3n) is 2.51.